The summed E-state index contributed by atoms with van der Waals surface area (Å²) < 4.78 is 38.0. The summed E-state index contributed by atoms with van der Waals surface area (Å²) in [7, 11) is 0. The van der Waals surface area contributed by atoms with E-state index in [0.717, 1.165) is 17.3 Å². The molecule has 0 spiro atoms. The molecule has 1 saturated heterocycles. The molecular weight excluding hydrogens is 263 g/mol. The van der Waals surface area contributed by atoms with Crippen LogP contribution in [0.2, 0.25) is 0 Å². The fraction of sp³-hybridized carbons (Fsp3) is 0.182. The Morgan fingerprint density at radius 2 is 1.95 bits per heavy atom. The zero-order valence-electron chi connectivity index (χ0n) is 9.44. The fourth-order valence-corrected chi connectivity index (χ4v) is 1.52. The number of hydrazone groups is 1. The van der Waals surface area contributed by atoms with E-state index in [-0.39, 0.29) is 12.1 Å². The third-order valence-electron chi connectivity index (χ3n) is 2.38. The van der Waals surface area contributed by atoms with Gasteiger partial charge in [0.15, 0.2) is 0 Å². The maximum Gasteiger partial charge on any atom is 0.417 e. The van der Waals surface area contributed by atoms with Crippen molar-refractivity contribution in [2.45, 2.75) is 6.18 Å². The number of rotatable bonds is 2. The summed E-state index contributed by atoms with van der Waals surface area (Å²) in [6, 6.07) is 4.06. The highest BCUT2D eigenvalue weighted by atomic mass is 19.4. The van der Waals surface area contributed by atoms with Crippen LogP contribution in [-0.2, 0) is 11.0 Å². The molecule has 1 aromatic carbocycles. The van der Waals surface area contributed by atoms with Gasteiger partial charge in [-0.1, -0.05) is 18.2 Å². The number of amides is 3. The molecule has 0 unspecified atom stereocenters. The first-order chi connectivity index (χ1) is 8.88. The van der Waals surface area contributed by atoms with E-state index in [2.05, 4.69) is 5.10 Å². The number of hydrogen-bond acceptors (Lipinski definition) is 3. The smallest absolute Gasteiger partial charge is 0.275 e. The molecule has 1 fully saturated rings. The highest BCUT2D eigenvalue weighted by molar-refractivity contribution is 6.02. The van der Waals surface area contributed by atoms with Gasteiger partial charge in [-0.3, -0.25) is 10.1 Å². The van der Waals surface area contributed by atoms with Gasteiger partial charge in [0.25, 0.3) is 0 Å². The van der Waals surface area contributed by atoms with Crippen molar-refractivity contribution in [2.75, 3.05) is 6.54 Å². The molecule has 0 aromatic heterocycles. The summed E-state index contributed by atoms with van der Waals surface area (Å²) >= 11 is 0. The molecule has 0 atom stereocenters. The number of benzene rings is 1. The first kappa shape index (κ1) is 13.1. The summed E-state index contributed by atoms with van der Waals surface area (Å²) in [6.45, 7) is -0.302. The molecule has 1 N–H and O–H groups in total. The van der Waals surface area contributed by atoms with Gasteiger partial charge in [-0.2, -0.15) is 18.3 Å². The van der Waals surface area contributed by atoms with E-state index in [1.807, 2.05) is 5.32 Å². The molecule has 0 bridgehead atoms. The molecule has 5 nitrogen and oxygen atoms in total. The zero-order valence-corrected chi connectivity index (χ0v) is 9.44. The Hall–Kier alpha value is -2.38. The molecule has 0 saturated carbocycles. The number of urea groups is 1. The Morgan fingerprint density at radius 1 is 1.26 bits per heavy atom. The highest BCUT2D eigenvalue weighted by Crippen LogP contribution is 2.31. The van der Waals surface area contributed by atoms with Gasteiger partial charge >= 0.3 is 12.2 Å². The van der Waals surface area contributed by atoms with Crippen molar-refractivity contribution in [3.63, 3.8) is 0 Å². The number of imide groups is 1. The Bertz CT molecular complexity index is 554. The van der Waals surface area contributed by atoms with Crippen LogP contribution in [0.25, 0.3) is 0 Å². The normalized spacial score (nSPS) is 16.3. The summed E-state index contributed by atoms with van der Waals surface area (Å²) in [6.07, 6.45) is -3.60. The van der Waals surface area contributed by atoms with Crippen LogP contribution in [0.3, 0.4) is 0 Å². The van der Waals surface area contributed by atoms with Crippen LogP contribution in [0.1, 0.15) is 11.1 Å². The minimum absolute atomic E-state index is 0.179. The van der Waals surface area contributed by atoms with Crippen molar-refractivity contribution in [1.82, 2.24) is 10.3 Å². The first-order valence-electron chi connectivity index (χ1n) is 5.19. The van der Waals surface area contributed by atoms with Gasteiger partial charge in [-0.15, -0.1) is 0 Å². The third kappa shape index (κ3) is 2.90. The number of carbonyl (C=O) groups excluding carboxylic acids is 2. The Labute approximate surface area is 105 Å². The van der Waals surface area contributed by atoms with Crippen LogP contribution in [0.15, 0.2) is 29.4 Å². The van der Waals surface area contributed by atoms with E-state index in [1.54, 1.807) is 0 Å². The van der Waals surface area contributed by atoms with Crippen LogP contribution >= 0.6 is 0 Å². The fourth-order valence-electron chi connectivity index (χ4n) is 1.52. The lowest BCUT2D eigenvalue weighted by Gasteiger charge is -2.10. The van der Waals surface area contributed by atoms with Crippen molar-refractivity contribution in [3.8, 4) is 0 Å². The van der Waals surface area contributed by atoms with Gasteiger partial charge < -0.3 is 0 Å². The number of alkyl halides is 3. The Morgan fingerprint density at radius 3 is 2.53 bits per heavy atom. The van der Waals surface area contributed by atoms with E-state index in [0.29, 0.717) is 0 Å². The number of nitrogens with one attached hydrogen (secondary N) is 1. The zero-order chi connectivity index (χ0) is 14.0. The van der Waals surface area contributed by atoms with Gasteiger partial charge in [0, 0.05) is 5.56 Å². The lowest BCUT2D eigenvalue weighted by Crippen LogP contribution is -2.24. The quantitative estimate of drug-likeness (QED) is 0.656. The van der Waals surface area contributed by atoms with E-state index in [1.165, 1.54) is 18.2 Å². The predicted molar refractivity (Wildman–Crippen MR) is 59.3 cm³/mol. The standard InChI is InChI=1S/C11H8F3N3O2/c12-11(13,14)8-4-2-1-3-7(8)5-15-17-6-9(18)16-10(17)19/h1-5H,6H2,(H,16,18,19). The minimum Gasteiger partial charge on any atom is -0.275 e. The van der Waals surface area contributed by atoms with E-state index < -0.39 is 23.7 Å². The Balaban J connectivity index is 2.24. The number of nitrogens with zero attached hydrogens (tertiary/aromatic N) is 2. The molecule has 0 radical (unpaired) electrons. The summed E-state index contributed by atoms with van der Waals surface area (Å²) in [5.74, 6) is -0.550. The number of halogens is 3. The topological polar surface area (TPSA) is 61.8 Å². The second-order valence-corrected chi connectivity index (χ2v) is 3.74. The second kappa shape index (κ2) is 4.71. The largest absolute Gasteiger partial charge is 0.417 e. The molecule has 1 aromatic rings. The van der Waals surface area contributed by atoms with Crippen molar-refractivity contribution >= 4 is 18.2 Å². The summed E-state index contributed by atoms with van der Waals surface area (Å²) in [4.78, 5) is 22.0. The van der Waals surface area contributed by atoms with Crippen LogP contribution in [0, 0.1) is 0 Å². The number of hydrogen-bond donors (Lipinski definition) is 1. The SMILES string of the molecule is O=C1CN(N=Cc2ccccc2C(F)(F)F)C(=O)N1. The molecule has 3 amide bonds. The molecule has 2 rings (SSSR count). The van der Waals surface area contributed by atoms with Crippen molar-refractivity contribution in [2.24, 2.45) is 5.10 Å². The van der Waals surface area contributed by atoms with E-state index in [9.17, 15) is 22.8 Å². The van der Waals surface area contributed by atoms with Crippen molar-refractivity contribution < 1.29 is 22.8 Å². The van der Waals surface area contributed by atoms with Crippen molar-refractivity contribution in [1.29, 1.82) is 0 Å². The van der Waals surface area contributed by atoms with Gasteiger partial charge in [-0.25, -0.2) is 9.80 Å². The maximum absolute atomic E-state index is 12.7. The first-order valence-corrected chi connectivity index (χ1v) is 5.19. The molecule has 1 aliphatic heterocycles. The summed E-state index contributed by atoms with van der Waals surface area (Å²) in [5.41, 5.74) is -1.04. The van der Waals surface area contributed by atoms with Gasteiger partial charge in [0.1, 0.15) is 6.54 Å². The maximum atomic E-state index is 12.7. The van der Waals surface area contributed by atoms with Crippen LogP contribution in [-0.4, -0.2) is 29.7 Å². The van der Waals surface area contributed by atoms with E-state index in [4.69, 9.17) is 0 Å². The molecule has 100 valence electrons. The highest BCUT2D eigenvalue weighted by Gasteiger charge is 2.33. The second-order valence-electron chi connectivity index (χ2n) is 3.74. The average molecular weight is 271 g/mol. The molecular formula is C11H8F3N3O2. The summed E-state index contributed by atoms with van der Waals surface area (Å²) in [5, 5.41) is 6.29. The van der Waals surface area contributed by atoms with Crippen LogP contribution in [0.5, 0.6) is 0 Å². The predicted octanol–water partition coefficient (Wildman–Crippen LogP) is 1.59. The Kier molecular flexibility index (Phi) is 3.24. The molecule has 19 heavy (non-hydrogen) atoms. The van der Waals surface area contributed by atoms with Gasteiger partial charge in [-0.05, 0) is 6.07 Å². The molecule has 1 aliphatic rings. The third-order valence-corrected chi connectivity index (χ3v) is 2.38. The average Bonchev–Trinajstić information content (AvgIpc) is 2.64. The minimum atomic E-state index is -4.51. The molecule has 0 aliphatic carbocycles. The number of carbonyl (C=O) groups is 2. The lowest BCUT2D eigenvalue weighted by atomic mass is 10.1. The molecule has 8 heteroatoms. The molecule has 1 heterocycles. The van der Waals surface area contributed by atoms with E-state index >= 15 is 0 Å². The monoisotopic (exact) mass is 271 g/mol. The van der Waals surface area contributed by atoms with Crippen LogP contribution < -0.4 is 5.32 Å². The van der Waals surface area contributed by atoms with Gasteiger partial charge in [0.2, 0.25) is 5.91 Å². The lowest BCUT2D eigenvalue weighted by molar-refractivity contribution is -0.137. The van der Waals surface area contributed by atoms with Crippen LogP contribution in [0.4, 0.5) is 18.0 Å². The van der Waals surface area contributed by atoms with Crippen molar-refractivity contribution in [3.05, 3.63) is 35.4 Å². The van der Waals surface area contributed by atoms with Gasteiger partial charge in [0.05, 0.1) is 11.8 Å².